The Morgan fingerprint density at radius 2 is 2.13 bits per heavy atom. The summed E-state index contributed by atoms with van der Waals surface area (Å²) in [6, 6.07) is 3.51. The molecule has 0 unspecified atom stereocenters. The molecule has 7 nitrogen and oxygen atoms in total. The van der Waals surface area contributed by atoms with E-state index >= 15 is 4.39 Å². The minimum absolute atomic E-state index is 0.0108. The summed E-state index contributed by atoms with van der Waals surface area (Å²) in [5, 5.41) is 10.2. The summed E-state index contributed by atoms with van der Waals surface area (Å²) in [4.78, 5) is 17.9. The van der Waals surface area contributed by atoms with Crippen LogP contribution in [0.25, 0.3) is 27.7 Å². The Morgan fingerprint density at radius 3 is 2.83 bits per heavy atom. The van der Waals surface area contributed by atoms with Crippen molar-refractivity contribution >= 4 is 45.6 Å². The number of rotatable bonds is 4. The van der Waals surface area contributed by atoms with Crippen LogP contribution in [-0.2, 0) is 4.79 Å². The lowest BCUT2D eigenvalue weighted by Crippen LogP contribution is -2.15. The summed E-state index contributed by atoms with van der Waals surface area (Å²) in [6.45, 7) is 0. The predicted octanol–water partition coefficient (Wildman–Crippen LogP) is 4.03. The SMILES string of the molecule is CN(C)c1c(F)c(Cl)c(-c2ccc3nc(NC(=O)[C@@H]4C[C@H]4F)cn3c2)c2cn[nH]c12. The van der Waals surface area contributed by atoms with Gasteiger partial charge in [0.05, 0.1) is 28.9 Å². The third kappa shape index (κ3) is 2.88. The van der Waals surface area contributed by atoms with Gasteiger partial charge in [-0.25, -0.2) is 13.8 Å². The first kappa shape index (κ1) is 18.8. The zero-order chi connectivity index (χ0) is 21.2. The van der Waals surface area contributed by atoms with Gasteiger partial charge in [0.1, 0.15) is 17.5 Å². The molecular formula is C20H17ClF2N6O. The second kappa shape index (κ2) is 6.66. The first-order valence-electron chi connectivity index (χ1n) is 9.30. The van der Waals surface area contributed by atoms with Crippen LogP contribution in [0, 0.1) is 11.7 Å². The molecule has 0 spiro atoms. The number of nitrogens with one attached hydrogen (secondary N) is 2. The van der Waals surface area contributed by atoms with Gasteiger partial charge < -0.3 is 14.6 Å². The number of hydrogen-bond acceptors (Lipinski definition) is 4. The second-order valence-corrected chi connectivity index (χ2v) is 7.94. The number of halogens is 3. The second-order valence-electron chi connectivity index (χ2n) is 7.56. The van der Waals surface area contributed by atoms with Crippen molar-refractivity contribution in [3.63, 3.8) is 0 Å². The number of nitrogens with zero attached hydrogens (tertiary/aromatic N) is 4. The molecule has 0 bridgehead atoms. The lowest BCUT2D eigenvalue weighted by molar-refractivity contribution is -0.117. The van der Waals surface area contributed by atoms with E-state index in [2.05, 4.69) is 20.5 Å². The Labute approximate surface area is 174 Å². The van der Waals surface area contributed by atoms with Crippen LogP contribution in [0.15, 0.2) is 30.7 Å². The molecule has 1 saturated carbocycles. The Hall–Kier alpha value is -3.20. The highest BCUT2D eigenvalue weighted by Crippen LogP contribution is 2.42. The standard InChI is InChI=1S/C20H17ClF2N6O/c1-28(2)19-17(23)16(21)15(11-6-24-27-18(11)19)9-3-4-14-25-13(8-29(14)7-9)26-20(30)10-5-12(10)22/h3-4,6-8,10,12H,5H2,1-2H3,(H,24,27)(H,26,30)/t10-,12-/m1/s1. The van der Waals surface area contributed by atoms with Gasteiger partial charge in [0.2, 0.25) is 5.91 Å². The van der Waals surface area contributed by atoms with E-state index in [9.17, 15) is 9.18 Å². The molecule has 1 aliphatic carbocycles. The van der Waals surface area contributed by atoms with Crippen LogP contribution in [0.4, 0.5) is 20.3 Å². The van der Waals surface area contributed by atoms with Gasteiger partial charge in [-0.05, 0) is 18.6 Å². The van der Waals surface area contributed by atoms with Gasteiger partial charge in [-0.15, -0.1) is 0 Å². The number of carbonyl (C=O) groups is 1. The van der Waals surface area contributed by atoms with Crippen LogP contribution >= 0.6 is 11.6 Å². The van der Waals surface area contributed by atoms with Crippen molar-refractivity contribution in [1.29, 1.82) is 0 Å². The monoisotopic (exact) mass is 430 g/mol. The van der Waals surface area contributed by atoms with Crippen molar-refractivity contribution in [2.45, 2.75) is 12.6 Å². The molecule has 5 rings (SSSR count). The number of aromatic nitrogens is 4. The number of benzene rings is 1. The zero-order valence-corrected chi connectivity index (χ0v) is 16.8. The van der Waals surface area contributed by atoms with Crippen LogP contribution in [-0.4, -0.2) is 45.8 Å². The molecule has 0 radical (unpaired) electrons. The molecule has 0 aliphatic heterocycles. The van der Waals surface area contributed by atoms with E-state index in [1.807, 2.05) is 0 Å². The van der Waals surface area contributed by atoms with Crippen LogP contribution in [0.3, 0.4) is 0 Å². The Morgan fingerprint density at radius 1 is 1.37 bits per heavy atom. The summed E-state index contributed by atoms with van der Waals surface area (Å²) in [5.41, 5.74) is 2.61. The summed E-state index contributed by atoms with van der Waals surface area (Å²) >= 11 is 6.43. The molecule has 10 heteroatoms. The van der Waals surface area contributed by atoms with Crippen molar-refractivity contribution in [2.24, 2.45) is 5.92 Å². The summed E-state index contributed by atoms with van der Waals surface area (Å²) in [6.07, 6.45) is 4.15. The number of H-pyrrole nitrogens is 1. The van der Waals surface area contributed by atoms with E-state index < -0.39 is 17.9 Å². The number of amides is 1. The first-order valence-corrected chi connectivity index (χ1v) is 9.68. The molecule has 4 aromatic rings. The van der Waals surface area contributed by atoms with Gasteiger partial charge >= 0.3 is 0 Å². The third-order valence-corrected chi connectivity index (χ3v) is 5.61. The fourth-order valence-corrected chi connectivity index (χ4v) is 3.95. The highest BCUT2D eigenvalue weighted by Gasteiger charge is 2.43. The topological polar surface area (TPSA) is 78.3 Å². The maximum Gasteiger partial charge on any atom is 0.231 e. The molecule has 3 aromatic heterocycles. The quantitative estimate of drug-likeness (QED) is 0.512. The van der Waals surface area contributed by atoms with Crippen molar-refractivity contribution < 1.29 is 13.6 Å². The van der Waals surface area contributed by atoms with E-state index in [4.69, 9.17) is 11.6 Å². The van der Waals surface area contributed by atoms with E-state index in [1.54, 1.807) is 54.1 Å². The number of anilines is 2. The van der Waals surface area contributed by atoms with E-state index in [0.29, 0.717) is 39.2 Å². The number of pyridine rings is 1. The van der Waals surface area contributed by atoms with Crippen LogP contribution < -0.4 is 10.2 Å². The molecule has 0 saturated heterocycles. The Kier molecular flexibility index (Phi) is 4.18. The normalized spacial score (nSPS) is 18.2. The van der Waals surface area contributed by atoms with Gasteiger partial charge in [0.25, 0.3) is 0 Å². The molecule has 2 N–H and O–H groups in total. The van der Waals surface area contributed by atoms with Crippen LogP contribution in [0.5, 0.6) is 0 Å². The fourth-order valence-electron chi connectivity index (χ4n) is 3.65. The molecule has 1 aliphatic rings. The Bertz CT molecular complexity index is 1310. The fraction of sp³-hybridized carbons (Fsp3) is 0.250. The average Bonchev–Trinajstić information content (AvgIpc) is 3.08. The molecule has 3 heterocycles. The van der Waals surface area contributed by atoms with Crippen molar-refractivity contribution in [1.82, 2.24) is 19.6 Å². The number of alkyl halides is 1. The lowest BCUT2D eigenvalue weighted by Gasteiger charge is -2.18. The van der Waals surface area contributed by atoms with Gasteiger partial charge in [-0.2, -0.15) is 5.10 Å². The van der Waals surface area contributed by atoms with Crippen molar-refractivity contribution in [2.75, 3.05) is 24.3 Å². The van der Waals surface area contributed by atoms with E-state index in [-0.39, 0.29) is 17.4 Å². The van der Waals surface area contributed by atoms with Gasteiger partial charge in [0.15, 0.2) is 11.6 Å². The zero-order valence-electron chi connectivity index (χ0n) is 16.1. The van der Waals surface area contributed by atoms with Crippen molar-refractivity contribution in [3.8, 4) is 11.1 Å². The highest BCUT2D eigenvalue weighted by atomic mass is 35.5. The van der Waals surface area contributed by atoms with E-state index in [0.717, 1.165) is 0 Å². The Balaban J connectivity index is 1.59. The number of carbonyl (C=O) groups excluding carboxylic acids is 1. The van der Waals surface area contributed by atoms with Crippen LogP contribution in [0.1, 0.15) is 6.42 Å². The molecule has 1 aromatic carbocycles. The van der Waals surface area contributed by atoms with Gasteiger partial charge in [-0.1, -0.05) is 11.6 Å². The number of hydrogen-bond donors (Lipinski definition) is 2. The minimum Gasteiger partial charge on any atom is -0.373 e. The number of aromatic amines is 1. The summed E-state index contributed by atoms with van der Waals surface area (Å²) in [5.74, 6) is -1.20. The van der Waals surface area contributed by atoms with E-state index in [1.165, 1.54) is 0 Å². The maximum atomic E-state index is 15.1. The molecule has 2 atom stereocenters. The first-order chi connectivity index (χ1) is 14.3. The van der Waals surface area contributed by atoms with Crippen LogP contribution in [0.2, 0.25) is 5.02 Å². The largest absolute Gasteiger partial charge is 0.373 e. The summed E-state index contributed by atoms with van der Waals surface area (Å²) < 4.78 is 29.8. The highest BCUT2D eigenvalue weighted by molar-refractivity contribution is 6.36. The third-order valence-electron chi connectivity index (χ3n) is 5.25. The lowest BCUT2D eigenvalue weighted by atomic mass is 10.0. The number of imidazole rings is 1. The smallest absolute Gasteiger partial charge is 0.231 e. The molecule has 154 valence electrons. The molecule has 30 heavy (non-hydrogen) atoms. The van der Waals surface area contributed by atoms with Crippen molar-refractivity contribution in [3.05, 3.63) is 41.6 Å². The minimum atomic E-state index is -1.08. The maximum absolute atomic E-state index is 15.1. The molecule has 1 fully saturated rings. The number of fused-ring (bicyclic) bond motifs is 2. The van der Waals surface area contributed by atoms with Gasteiger partial charge in [-0.3, -0.25) is 9.89 Å². The predicted molar refractivity (Wildman–Crippen MR) is 111 cm³/mol. The average molecular weight is 431 g/mol. The molecular weight excluding hydrogens is 414 g/mol. The summed E-state index contributed by atoms with van der Waals surface area (Å²) in [7, 11) is 3.46. The van der Waals surface area contributed by atoms with Gasteiger partial charge in [0, 0.05) is 36.8 Å². The molecule has 1 amide bonds.